The first kappa shape index (κ1) is 36.7. The lowest BCUT2D eigenvalue weighted by Crippen LogP contribution is -2.45. The van der Waals surface area contributed by atoms with E-state index >= 15 is 0 Å². The summed E-state index contributed by atoms with van der Waals surface area (Å²) in [5, 5.41) is 17.6. The van der Waals surface area contributed by atoms with Crippen LogP contribution in [-0.2, 0) is 32.0 Å². The van der Waals surface area contributed by atoms with Crippen LogP contribution < -0.4 is 10.6 Å². The first-order valence-corrected chi connectivity index (χ1v) is 17.7. The van der Waals surface area contributed by atoms with Crippen LogP contribution >= 0.6 is 0 Å². The van der Waals surface area contributed by atoms with Gasteiger partial charge in [0.05, 0.1) is 25.9 Å². The van der Waals surface area contributed by atoms with Gasteiger partial charge in [-0.25, -0.2) is 9.59 Å². The van der Waals surface area contributed by atoms with Crippen molar-refractivity contribution in [3.63, 3.8) is 0 Å². The number of ether oxygens (including phenoxy) is 3. The van der Waals surface area contributed by atoms with Crippen molar-refractivity contribution < 1.29 is 28.9 Å². The van der Waals surface area contributed by atoms with E-state index in [9.17, 15) is 14.7 Å². The Balaban J connectivity index is 1.17. The molecule has 1 saturated heterocycles. The van der Waals surface area contributed by atoms with Crippen molar-refractivity contribution in [2.24, 2.45) is 5.92 Å². The third kappa shape index (κ3) is 8.86. The number of aliphatic hydroxyl groups is 1. The topological polar surface area (TPSA) is 109 Å². The molecule has 1 heterocycles. The van der Waals surface area contributed by atoms with Crippen LogP contribution in [0, 0.1) is 5.92 Å². The molecule has 5 aromatic carbocycles. The maximum atomic E-state index is 13.0. The van der Waals surface area contributed by atoms with Crippen LogP contribution in [0.3, 0.4) is 0 Å². The second-order valence-electron chi connectivity index (χ2n) is 13.5. The molecule has 52 heavy (non-hydrogen) atoms. The molecule has 1 aliphatic rings. The number of likely N-dealkylation sites (N-methyl/N-ethyl adjacent to an activating group) is 1. The van der Waals surface area contributed by atoms with Crippen molar-refractivity contribution in [1.29, 1.82) is 0 Å². The summed E-state index contributed by atoms with van der Waals surface area (Å²) in [6.07, 6.45) is -0.789. The van der Waals surface area contributed by atoms with Gasteiger partial charge >= 0.3 is 12.0 Å². The minimum atomic E-state index is -0.847. The van der Waals surface area contributed by atoms with Gasteiger partial charge in [0, 0.05) is 36.2 Å². The minimum absolute atomic E-state index is 0.0192. The first-order chi connectivity index (χ1) is 25.2. The number of benzene rings is 5. The second kappa shape index (κ2) is 17.0. The van der Waals surface area contributed by atoms with Crippen LogP contribution in [0.15, 0.2) is 121 Å². The fourth-order valence-electron chi connectivity index (χ4n) is 6.73. The summed E-state index contributed by atoms with van der Waals surface area (Å²) >= 11 is 0. The number of hydrogen-bond acceptors (Lipinski definition) is 7. The number of hydrogen-bond donors (Lipinski definition) is 3. The number of amides is 2. The molecule has 6 rings (SSSR count). The summed E-state index contributed by atoms with van der Waals surface area (Å²) in [5.74, 6) is -0.506. The minimum Gasteiger partial charge on any atom is -0.467 e. The van der Waals surface area contributed by atoms with E-state index in [4.69, 9.17) is 14.2 Å². The van der Waals surface area contributed by atoms with Gasteiger partial charge in [-0.2, -0.15) is 0 Å². The number of carbonyl (C=O) groups excluding carboxylic acids is 2. The molecule has 0 saturated carbocycles. The molecule has 1 aliphatic heterocycles. The Morgan fingerprint density at radius 1 is 0.827 bits per heavy atom. The molecule has 2 amide bonds. The van der Waals surface area contributed by atoms with E-state index in [-0.39, 0.29) is 30.8 Å². The summed E-state index contributed by atoms with van der Waals surface area (Å²) in [5.41, 5.74) is 5.34. The molecule has 9 nitrogen and oxygen atoms in total. The maximum Gasteiger partial charge on any atom is 0.328 e. The Kier molecular flexibility index (Phi) is 12.0. The highest BCUT2D eigenvalue weighted by Crippen LogP contribution is 2.42. The van der Waals surface area contributed by atoms with E-state index in [1.54, 1.807) is 12.1 Å². The van der Waals surface area contributed by atoms with Gasteiger partial charge in [-0.1, -0.05) is 110 Å². The van der Waals surface area contributed by atoms with Crippen molar-refractivity contribution in [2.75, 3.05) is 26.0 Å². The number of anilines is 1. The molecule has 0 radical (unpaired) electrons. The summed E-state index contributed by atoms with van der Waals surface area (Å²) in [6.45, 7) is 5.02. The quantitative estimate of drug-likeness (QED) is 0.114. The molecule has 270 valence electrons. The van der Waals surface area contributed by atoms with Gasteiger partial charge in [-0.15, -0.1) is 0 Å². The van der Waals surface area contributed by atoms with E-state index in [2.05, 4.69) is 78.9 Å². The number of nitrogens with one attached hydrogen (secondary N) is 2. The highest BCUT2D eigenvalue weighted by Gasteiger charge is 2.39. The van der Waals surface area contributed by atoms with E-state index in [0.717, 1.165) is 22.3 Å². The lowest BCUT2D eigenvalue weighted by molar-refractivity contribution is -0.276. The predicted octanol–water partition coefficient (Wildman–Crippen LogP) is 7.72. The molecule has 0 spiro atoms. The molecule has 0 unspecified atom stereocenters. The summed E-state index contributed by atoms with van der Waals surface area (Å²) in [7, 11) is 3.43. The number of methoxy groups -OCH3 is 1. The Morgan fingerprint density at radius 2 is 1.50 bits per heavy atom. The Morgan fingerprint density at radius 3 is 2.19 bits per heavy atom. The lowest BCUT2D eigenvalue weighted by atomic mass is 9.89. The smallest absolute Gasteiger partial charge is 0.328 e. The average molecular weight is 702 g/mol. The molecule has 0 aromatic heterocycles. The summed E-state index contributed by atoms with van der Waals surface area (Å²) in [4.78, 5) is 27.7. The van der Waals surface area contributed by atoms with Gasteiger partial charge in [0.1, 0.15) is 6.04 Å². The lowest BCUT2D eigenvalue weighted by Gasteiger charge is -2.43. The van der Waals surface area contributed by atoms with Crippen molar-refractivity contribution >= 4 is 28.5 Å². The van der Waals surface area contributed by atoms with Crippen LogP contribution in [0.1, 0.15) is 60.1 Å². The molecule has 9 heteroatoms. The third-order valence-corrected chi connectivity index (χ3v) is 10.0. The standard InChI is InChI=1S/C43H47N3O6/c1-28-39(26-46(3)29(2)35-19-18-32-12-8-9-13-36(32)25-35)51-42(52-40(28)33-16-14-31(27-47)15-17-33)34-20-22-37(23-21-34)44-43(49)45-38(41(48)50-4)24-30-10-6-5-7-11-30/h5-23,25,28-29,38-40,42,47H,24,26-27H2,1-4H3,(H2,44,45,49)/t28-,29-,38+,39+,40+,42+/m1/s1. The fraction of sp³-hybridized carbons (Fsp3) is 0.302. The van der Waals surface area contributed by atoms with E-state index in [1.165, 1.54) is 23.4 Å². The van der Waals surface area contributed by atoms with Crippen molar-refractivity contribution in [3.05, 3.63) is 149 Å². The Hall–Kier alpha value is -5.06. The summed E-state index contributed by atoms with van der Waals surface area (Å²) < 4.78 is 18.3. The Labute approximate surface area is 305 Å². The number of rotatable bonds is 12. The normalized spacial score (nSPS) is 19.9. The van der Waals surface area contributed by atoms with Gasteiger partial charge < -0.3 is 30.0 Å². The number of carbonyl (C=O) groups is 2. The molecule has 1 fully saturated rings. The fourth-order valence-corrected chi connectivity index (χ4v) is 6.73. The van der Waals surface area contributed by atoms with Crippen LogP contribution in [-0.4, -0.2) is 54.9 Å². The number of esters is 1. The first-order valence-electron chi connectivity index (χ1n) is 17.7. The molecular formula is C43H47N3O6. The second-order valence-corrected chi connectivity index (χ2v) is 13.5. The zero-order chi connectivity index (χ0) is 36.6. The highest BCUT2D eigenvalue weighted by molar-refractivity contribution is 5.92. The van der Waals surface area contributed by atoms with Crippen molar-refractivity contribution in [1.82, 2.24) is 10.2 Å². The molecule has 3 N–H and O–H groups in total. The third-order valence-electron chi connectivity index (χ3n) is 10.0. The van der Waals surface area contributed by atoms with Gasteiger partial charge in [0.25, 0.3) is 0 Å². The largest absolute Gasteiger partial charge is 0.467 e. The monoisotopic (exact) mass is 701 g/mol. The SMILES string of the molecule is COC(=O)[C@H](Cc1ccccc1)NC(=O)Nc1ccc([C@H]2O[C@@H](CN(C)[C@H](C)c3ccc4ccccc4c3)[C@@H](C)[C@@H](c3ccc(CO)cc3)O2)cc1. The number of urea groups is 1. The van der Waals surface area contributed by atoms with E-state index in [1.807, 2.05) is 66.7 Å². The van der Waals surface area contributed by atoms with E-state index < -0.39 is 24.3 Å². The van der Waals surface area contributed by atoms with Gasteiger partial charge in [-0.05, 0) is 65.2 Å². The molecule has 0 bridgehead atoms. The predicted molar refractivity (Wildman–Crippen MR) is 203 cm³/mol. The van der Waals surface area contributed by atoms with Crippen LogP contribution in [0.2, 0.25) is 0 Å². The maximum absolute atomic E-state index is 13.0. The van der Waals surface area contributed by atoms with Crippen molar-refractivity contribution in [3.8, 4) is 0 Å². The zero-order valence-electron chi connectivity index (χ0n) is 30.1. The highest BCUT2D eigenvalue weighted by atomic mass is 16.7. The van der Waals surface area contributed by atoms with Gasteiger partial charge in [-0.3, -0.25) is 4.90 Å². The zero-order valence-corrected chi connectivity index (χ0v) is 30.1. The average Bonchev–Trinajstić information content (AvgIpc) is 3.18. The van der Waals surface area contributed by atoms with Crippen LogP contribution in [0.5, 0.6) is 0 Å². The van der Waals surface area contributed by atoms with Crippen LogP contribution in [0.25, 0.3) is 10.8 Å². The van der Waals surface area contributed by atoms with Gasteiger partial charge in [0.2, 0.25) is 0 Å². The molecule has 6 atom stereocenters. The van der Waals surface area contributed by atoms with Crippen LogP contribution in [0.4, 0.5) is 10.5 Å². The van der Waals surface area contributed by atoms with Gasteiger partial charge in [0.15, 0.2) is 6.29 Å². The molecule has 0 aliphatic carbocycles. The molecule has 5 aromatic rings. The number of nitrogens with zero attached hydrogens (tertiary/aromatic N) is 1. The molecular weight excluding hydrogens is 654 g/mol. The van der Waals surface area contributed by atoms with E-state index in [0.29, 0.717) is 18.7 Å². The summed E-state index contributed by atoms with van der Waals surface area (Å²) in [6, 6.07) is 38.5. The van der Waals surface area contributed by atoms with Crippen molar-refractivity contribution in [2.45, 2.75) is 57.5 Å². The number of fused-ring (bicyclic) bond motifs is 1. The Bertz CT molecular complexity index is 1940. The number of aliphatic hydroxyl groups excluding tert-OH is 1.